The van der Waals surface area contributed by atoms with E-state index in [2.05, 4.69) is 5.32 Å². The normalized spacial score (nSPS) is 23.8. The van der Waals surface area contributed by atoms with Gasteiger partial charge >= 0.3 is 12.0 Å². The number of hydrogen-bond acceptors (Lipinski definition) is 4. The Balaban J connectivity index is 2.18. The molecule has 0 aliphatic carbocycles. The summed E-state index contributed by atoms with van der Waals surface area (Å²) in [5, 5.41) is 20.8. The van der Waals surface area contributed by atoms with Crippen molar-refractivity contribution < 1.29 is 24.5 Å². The van der Waals surface area contributed by atoms with E-state index in [0.717, 1.165) is 6.42 Å². The first-order valence-electron chi connectivity index (χ1n) is 5.95. The predicted octanol–water partition coefficient (Wildman–Crippen LogP) is -0.356. The van der Waals surface area contributed by atoms with E-state index in [0.29, 0.717) is 19.5 Å². The first-order chi connectivity index (χ1) is 8.41. The van der Waals surface area contributed by atoms with Crippen molar-refractivity contribution in [3.63, 3.8) is 0 Å². The molecule has 2 amide bonds. The van der Waals surface area contributed by atoms with Gasteiger partial charge in [-0.2, -0.15) is 0 Å². The van der Waals surface area contributed by atoms with Gasteiger partial charge in [-0.05, 0) is 19.8 Å². The molecule has 0 aromatic rings. The molecule has 1 unspecified atom stereocenters. The summed E-state index contributed by atoms with van der Waals surface area (Å²) in [7, 11) is 0. The largest absolute Gasteiger partial charge is 0.480 e. The molecule has 0 spiro atoms. The van der Waals surface area contributed by atoms with E-state index in [4.69, 9.17) is 9.84 Å². The summed E-state index contributed by atoms with van der Waals surface area (Å²) >= 11 is 0. The second kappa shape index (κ2) is 6.55. The Kier molecular flexibility index (Phi) is 5.36. The van der Waals surface area contributed by atoms with Crippen molar-refractivity contribution in [3.8, 4) is 0 Å². The highest BCUT2D eigenvalue weighted by molar-refractivity contribution is 5.74. The topological polar surface area (TPSA) is 99.1 Å². The van der Waals surface area contributed by atoms with Crippen molar-refractivity contribution in [2.75, 3.05) is 32.8 Å². The standard InChI is InChI=1S/C11H20N2O5/c1-11(17)3-2-5-13(8-11)10(16)12-4-6-18-7-9(14)15/h17H,2-8H2,1H3,(H,12,16)(H,14,15). The molecule has 1 aliphatic rings. The average Bonchev–Trinajstić information content (AvgIpc) is 2.26. The van der Waals surface area contributed by atoms with E-state index in [1.807, 2.05) is 0 Å². The molecule has 1 heterocycles. The number of likely N-dealkylation sites (tertiary alicyclic amines) is 1. The number of piperidine rings is 1. The summed E-state index contributed by atoms with van der Waals surface area (Å²) in [5.41, 5.74) is -0.824. The number of aliphatic hydroxyl groups is 1. The first-order valence-corrected chi connectivity index (χ1v) is 5.95. The van der Waals surface area contributed by atoms with Gasteiger partial charge in [0.15, 0.2) is 0 Å². The van der Waals surface area contributed by atoms with Crippen LogP contribution in [0.3, 0.4) is 0 Å². The summed E-state index contributed by atoms with van der Waals surface area (Å²) in [4.78, 5) is 23.4. The Morgan fingerprint density at radius 3 is 2.83 bits per heavy atom. The van der Waals surface area contributed by atoms with Crippen molar-refractivity contribution in [1.82, 2.24) is 10.2 Å². The number of rotatable bonds is 5. The van der Waals surface area contributed by atoms with Crippen LogP contribution in [0.5, 0.6) is 0 Å². The fourth-order valence-corrected chi connectivity index (χ4v) is 1.89. The predicted molar refractivity (Wildman–Crippen MR) is 63.3 cm³/mol. The molecule has 18 heavy (non-hydrogen) atoms. The molecule has 0 aromatic heterocycles. The third-order valence-electron chi connectivity index (χ3n) is 2.71. The van der Waals surface area contributed by atoms with Crippen LogP contribution in [-0.2, 0) is 9.53 Å². The molecule has 1 saturated heterocycles. The highest BCUT2D eigenvalue weighted by Gasteiger charge is 2.30. The van der Waals surface area contributed by atoms with Crippen molar-refractivity contribution in [2.45, 2.75) is 25.4 Å². The number of carbonyl (C=O) groups excluding carboxylic acids is 1. The average molecular weight is 260 g/mol. The van der Waals surface area contributed by atoms with Crippen molar-refractivity contribution in [3.05, 3.63) is 0 Å². The SMILES string of the molecule is CC1(O)CCCN(C(=O)NCCOCC(=O)O)C1. The van der Waals surface area contributed by atoms with Crippen LogP contribution in [0.4, 0.5) is 4.79 Å². The molecule has 0 bridgehead atoms. The summed E-state index contributed by atoms with van der Waals surface area (Å²) in [5.74, 6) is -1.03. The van der Waals surface area contributed by atoms with Gasteiger partial charge in [0.25, 0.3) is 0 Å². The van der Waals surface area contributed by atoms with Crippen LogP contribution in [0.15, 0.2) is 0 Å². The van der Waals surface area contributed by atoms with Crippen LogP contribution >= 0.6 is 0 Å². The van der Waals surface area contributed by atoms with Crippen LogP contribution in [-0.4, -0.2) is 65.6 Å². The van der Waals surface area contributed by atoms with Crippen LogP contribution in [0.25, 0.3) is 0 Å². The number of hydrogen-bond donors (Lipinski definition) is 3. The number of carboxylic acids is 1. The molecule has 3 N–H and O–H groups in total. The van der Waals surface area contributed by atoms with Crippen molar-refractivity contribution in [1.29, 1.82) is 0 Å². The highest BCUT2D eigenvalue weighted by atomic mass is 16.5. The molecule has 0 aromatic carbocycles. The van der Waals surface area contributed by atoms with Gasteiger partial charge in [0.1, 0.15) is 6.61 Å². The fourth-order valence-electron chi connectivity index (χ4n) is 1.89. The minimum Gasteiger partial charge on any atom is -0.480 e. The number of nitrogens with one attached hydrogen (secondary N) is 1. The molecular formula is C11H20N2O5. The maximum atomic E-state index is 11.7. The molecular weight excluding hydrogens is 240 g/mol. The molecule has 7 nitrogen and oxygen atoms in total. The van der Waals surface area contributed by atoms with Gasteiger partial charge in [0.05, 0.1) is 18.8 Å². The van der Waals surface area contributed by atoms with E-state index in [-0.39, 0.29) is 25.8 Å². The van der Waals surface area contributed by atoms with Gasteiger partial charge in [0.2, 0.25) is 0 Å². The molecule has 7 heteroatoms. The van der Waals surface area contributed by atoms with E-state index in [9.17, 15) is 14.7 Å². The number of ether oxygens (including phenoxy) is 1. The van der Waals surface area contributed by atoms with Gasteiger partial charge < -0.3 is 25.2 Å². The minimum atomic E-state index is -1.03. The Morgan fingerprint density at radius 2 is 2.22 bits per heavy atom. The zero-order valence-electron chi connectivity index (χ0n) is 10.5. The van der Waals surface area contributed by atoms with E-state index in [1.54, 1.807) is 11.8 Å². The van der Waals surface area contributed by atoms with E-state index >= 15 is 0 Å². The lowest BCUT2D eigenvalue weighted by Gasteiger charge is -2.36. The second-order valence-corrected chi connectivity index (χ2v) is 4.70. The van der Waals surface area contributed by atoms with Crippen LogP contribution in [0, 0.1) is 0 Å². The highest BCUT2D eigenvalue weighted by Crippen LogP contribution is 2.19. The summed E-state index contributed by atoms with van der Waals surface area (Å²) in [6.07, 6.45) is 1.47. The molecule has 1 atom stereocenters. The number of aliphatic carboxylic acids is 1. The van der Waals surface area contributed by atoms with Crippen LogP contribution in [0.1, 0.15) is 19.8 Å². The summed E-state index contributed by atoms with van der Waals surface area (Å²) in [6, 6.07) is -0.256. The first kappa shape index (κ1) is 14.7. The number of nitrogens with zero attached hydrogens (tertiary/aromatic N) is 1. The van der Waals surface area contributed by atoms with Crippen LogP contribution < -0.4 is 5.32 Å². The van der Waals surface area contributed by atoms with Gasteiger partial charge in [-0.3, -0.25) is 0 Å². The monoisotopic (exact) mass is 260 g/mol. The molecule has 1 fully saturated rings. The van der Waals surface area contributed by atoms with Gasteiger partial charge in [-0.1, -0.05) is 0 Å². The maximum Gasteiger partial charge on any atom is 0.329 e. The molecule has 1 aliphatic heterocycles. The molecule has 104 valence electrons. The zero-order chi connectivity index (χ0) is 13.6. The van der Waals surface area contributed by atoms with Crippen LogP contribution in [0.2, 0.25) is 0 Å². The lowest BCUT2D eigenvalue weighted by atomic mass is 9.95. The molecule has 1 rings (SSSR count). The Hall–Kier alpha value is -1.34. The van der Waals surface area contributed by atoms with E-state index in [1.165, 1.54) is 0 Å². The summed E-state index contributed by atoms with van der Waals surface area (Å²) in [6.45, 7) is 2.69. The lowest BCUT2D eigenvalue weighted by Crippen LogP contribution is -2.52. The number of carboxylic acid groups (broad SMARTS) is 1. The maximum absolute atomic E-state index is 11.7. The van der Waals surface area contributed by atoms with Crippen molar-refractivity contribution in [2.24, 2.45) is 0 Å². The Labute approximate surface area is 106 Å². The zero-order valence-corrected chi connectivity index (χ0v) is 10.5. The smallest absolute Gasteiger partial charge is 0.329 e. The third kappa shape index (κ3) is 5.33. The van der Waals surface area contributed by atoms with Gasteiger partial charge in [-0.15, -0.1) is 0 Å². The summed E-state index contributed by atoms with van der Waals surface area (Å²) < 4.78 is 4.79. The lowest BCUT2D eigenvalue weighted by molar-refractivity contribution is -0.142. The Morgan fingerprint density at radius 1 is 1.50 bits per heavy atom. The number of carbonyl (C=O) groups is 2. The van der Waals surface area contributed by atoms with Gasteiger partial charge in [-0.25, -0.2) is 9.59 Å². The third-order valence-corrected chi connectivity index (χ3v) is 2.71. The number of amides is 2. The fraction of sp³-hybridized carbons (Fsp3) is 0.818. The number of β-amino-alcohol motifs (C(OH)–C–C–N with tert-alkyl or cyclic N) is 1. The van der Waals surface area contributed by atoms with E-state index < -0.39 is 11.6 Å². The minimum absolute atomic E-state index is 0.155. The molecule has 0 radical (unpaired) electrons. The van der Waals surface area contributed by atoms with Crippen molar-refractivity contribution >= 4 is 12.0 Å². The number of urea groups is 1. The van der Waals surface area contributed by atoms with Gasteiger partial charge in [0, 0.05) is 13.1 Å². The quantitative estimate of drug-likeness (QED) is 0.586. The second-order valence-electron chi connectivity index (χ2n) is 4.70. The Bertz CT molecular complexity index is 306. The molecule has 0 saturated carbocycles.